The molecule has 2 amide bonds. The fourth-order valence-corrected chi connectivity index (χ4v) is 3.91. The minimum Gasteiger partial charge on any atom is -0.369 e. The number of nitrogens with zero attached hydrogens (tertiary/aromatic N) is 2. The molecule has 2 atom stereocenters. The Kier molecular flexibility index (Phi) is 4.96. The Labute approximate surface area is 137 Å². The van der Waals surface area contributed by atoms with Crippen LogP contribution in [0, 0.1) is 5.92 Å². The molecule has 124 valence electrons. The SMILES string of the molecule is NC(=O)CN1C[C@@H](CN2CCCC2=O)CC[C@H]1c1ccccc1. The van der Waals surface area contributed by atoms with Gasteiger partial charge in [-0.1, -0.05) is 30.3 Å². The van der Waals surface area contributed by atoms with E-state index in [1.807, 2.05) is 23.1 Å². The third-order valence-electron chi connectivity index (χ3n) is 4.98. The molecule has 5 nitrogen and oxygen atoms in total. The number of carbonyl (C=O) groups excluding carboxylic acids is 2. The van der Waals surface area contributed by atoms with Crippen molar-refractivity contribution < 1.29 is 9.59 Å². The summed E-state index contributed by atoms with van der Waals surface area (Å²) in [4.78, 5) is 27.5. The smallest absolute Gasteiger partial charge is 0.231 e. The number of carbonyl (C=O) groups is 2. The molecule has 0 unspecified atom stereocenters. The lowest BCUT2D eigenvalue weighted by atomic mass is 9.88. The van der Waals surface area contributed by atoms with E-state index >= 15 is 0 Å². The van der Waals surface area contributed by atoms with Crippen molar-refractivity contribution in [3.8, 4) is 0 Å². The van der Waals surface area contributed by atoms with Crippen molar-refractivity contribution in [2.45, 2.75) is 31.7 Å². The topological polar surface area (TPSA) is 66.6 Å². The van der Waals surface area contributed by atoms with Crippen LogP contribution in [0.15, 0.2) is 30.3 Å². The number of primary amides is 1. The highest BCUT2D eigenvalue weighted by Crippen LogP contribution is 2.33. The molecule has 0 radical (unpaired) electrons. The largest absolute Gasteiger partial charge is 0.369 e. The lowest BCUT2D eigenvalue weighted by molar-refractivity contribution is -0.129. The third kappa shape index (κ3) is 3.91. The molecule has 0 spiro atoms. The molecule has 23 heavy (non-hydrogen) atoms. The van der Waals surface area contributed by atoms with E-state index in [0.29, 0.717) is 12.3 Å². The molecule has 3 rings (SSSR count). The normalized spacial score (nSPS) is 25.7. The van der Waals surface area contributed by atoms with Crippen molar-refractivity contribution in [1.82, 2.24) is 9.80 Å². The van der Waals surface area contributed by atoms with Gasteiger partial charge in [-0.3, -0.25) is 14.5 Å². The van der Waals surface area contributed by atoms with Crippen LogP contribution in [0.1, 0.15) is 37.3 Å². The van der Waals surface area contributed by atoms with Gasteiger partial charge in [0.2, 0.25) is 11.8 Å². The molecule has 2 N–H and O–H groups in total. The van der Waals surface area contributed by atoms with Crippen LogP contribution in [0.2, 0.25) is 0 Å². The number of hydrogen-bond donors (Lipinski definition) is 1. The average molecular weight is 315 g/mol. The summed E-state index contributed by atoms with van der Waals surface area (Å²) in [6, 6.07) is 10.5. The Morgan fingerprint density at radius 3 is 2.65 bits per heavy atom. The predicted octanol–water partition coefficient (Wildman–Crippen LogP) is 1.55. The zero-order valence-corrected chi connectivity index (χ0v) is 13.5. The van der Waals surface area contributed by atoms with Gasteiger partial charge in [0.15, 0.2) is 0 Å². The molecule has 1 aromatic carbocycles. The second kappa shape index (κ2) is 7.13. The Hall–Kier alpha value is -1.88. The van der Waals surface area contributed by atoms with E-state index in [1.165, 1.54) is 5.56 Å². The lowest BCUT2D eigenvalue weighted by Crippen LogP contribution is -2.46. The van der Waals surface area contributed by atoms with Gasteiger partial charge in [-0.15, -0.1) is 0 Å². The lowest BCUT2D eigenvalue weighted by Gasteiger charge is -2.40. The summed E-state index contributed by atoms with van der Waals surface area (Å²) in [5.41, 5.74) is 6.69. The molecule has 2 aliphatic heterocycles. The zero-order chi connectivity index (χ0) is 16.2. The van der Waals surface area contributed by atoms with Crippen LogP contribution in [0.25, 0.3) is 0 Å². The first kappa shape index (κ1) is 16.0. The highest BCUT2D eigenvalue weighted by molar-refractivity contribution is 5.78. The quantitative estimate of drug-likeness (QED) is 0.896. The van der Waals surface area contributed by atoms with Crippen molar-refractivity contribution in [3.63, 3.8) is 0 Å². The maximum atomic E-state index is 11.8. The summed E-state index contributed by atoms with van der Waals surface area (Å²) in [6.45, 7) is 2.80. The van der Waals surface area contributed by atoms with Crippen molar-refractivity contribution in [3.05, 3.63) is 35.9 Å². The summed E-state index contributed by atoms with van der Waals surface area (Å²) in [7, 11) is 0. The molecule has 1 aromatic rings. The van der Waals surface area contributed by atoms with Gasteiger partial charge in [0.1, 0.15) is 0 Å². The molecule has 0 aliphatic carbocycles. The van der Waals surface area contributed by atoms with Crippen LogP contribution >= 0.6 is 0 Å². The van der Waals surface area contributed by atoms with Crippen molar-refractivity contribution in [2.75, 3.05) is 26.2 Å². The molecule has 2 fully saturated rings. The maximum absolute atomic E-state index is 11.8. The average Bonchev–Trinajstić information content (AvgIpc) is 2.93. The van der Waals surface area contributed by atoms with Crippen molar-refractivity contribution in [1.29, 1.82) is 0 Å². The highest BCUT2D eigenvalue weighted by Gasteiger charge is 2.32. The van der Waals surface area contributed by atoms with Gasteiger partial charge >= 0.3 is 0 Å². The Balaban J connectivity index is 1.68. The van der Waals surface area contributed by atoms with Gasteiger partial charge in [0.05, 0.1) is 6.54 Å². The van der Waals surface area contributed by atoms with Crippen molar-refractivity contribution >= 4 is 11.8 Å². The summed E-state index contributed by atoms with van der Waals surface area (Å²) in [5, 5.41) is 0. The Bertz CT molecular complexity index is 561. The number of rotatable bonds is 5. The molecule has 0 bridgehead atoms. The van der Waals surface area contributed by atoms with Crippen LogP contribution < -0.4 is 5.73 Å². The summed E-state index contributed by atoms with van der Waals surface area (Å²) < 4.78 is 0. The number of likely N-dealkylation sites (tertiary alicyclic amines) is 2. The van der Waals surface area contributed by atoms with Gasteiger partial charge in [-0.2, -0.15) is 0 Å². The third-order valence-corrected chi connectivity index (χ3v) is 4.98. The minimum atomic E-state index is -0.288. The molecule has 0 aromatic heterocycles. The van der Waals surface area contributed by atoms with E-state index in [-0.39, 0.29) is 24.4 Å². The number of amides is 2. The standard InChI is InChI=1S/C18H25N3O2/c19-17(22)13-21-12-14(11-20-10-4-7-18(20)23)8-9-16(21)15-5-2-1-3-6-15/h1-3,5-6,14,16H,4,7-13H2,(H2,19,22)/t14-,16+/m1/s1. The molecule has 2 saturated heterocycles. The predicted molar refractivity (Wildman–Crippen MR) is 88.5 cm³/mol. The fraction of sp³-hybridized carbons (Fsp3) is 0.556. The summed E-state index contributed by atoms with van der Waals surface area (Å²) >= 11 is 0. The van der Waals surface area contributed by atoms with Gasteiger partial charge < -0.3 is 10.6 Å². The molecule has 5 heteroatoms. The van der Waals surface area contributed by atoms with Gasteiger partial charge in [-0.25, -0.2) is 0 Å². The minimum absolute atomic E-state index is 0.245. The zero-order valence-electron chi connectivity index (χ0n) is 13.5. The Morgan fingerprint density at radius 1 is 1.22 bits per heavy atom. The van der Waals surface area contributed by atoms with Crippen LogP contribution in [-0.2, 0) is 9.59 Å². The van der Waals surface area contributed by atoms with E-state index < -0.39 is 0 Å². The van der Waals surface area contributed by atoms with Gasteiger partial charge in [-0.05, 0) is 30.7 Å². The first-order valence-corrected chi connectivity index (χ1v) is 8.48. The van der Waals surface area contributed by atoms with E-state index in [0.717, 1.165) is 38.9 Å². The number of hydrogen-bond acceptors (Lipinski definition) is 3. The van der Waals surface area contributed by atoms with Crippen molar-refractivity contribution in [2.24, 2.45) is 11.7 Å². The molecule has 2 heterocycles. The maximum Gasteiger partial charge on any atom is 0.231 e. The van der Waals surface area contributed by atoms with Crippen LogP contribution in [-0.4, -0.2) is 47.8 Å². The van der Waals surface area contributed by atoms with E-state index in [9.17, 15) is 9.59 Å². The fourth-order valence-electron chi connectivity index (χ4n) is 3.91. The first-order valence-electron chi connectivity index (χ1n) is 8.48. The van der Waals surface area contributed by atoms with Crippen LogP contribution in [0.5, 0.6) is 0 Å². The molecule has 0 saturated carbocycles. The Morgan fingerprint density at radius 2 is 2.00 bits per heavy atom. The number of benzene rings is 1. The number of nitrogens with two attached hydrogens (primary N) is 1. The van der Waals surface area contributed by atoms with E-state index in [2.05, 4.69) is 17.0 Å². The van der Waals surface area contributed by atoms with Crippen LogP contribution in [0.3, 0.4) is 0 Å². The van der Waals surface area contributed by atoms with Gasteiger partial charge in [0, 0.05) is 32.1 Å². The van der Waals surface area contributed by atoms with E-state index in [1.54, 1.807) is 0 Å². The van der Waals surface area contributed by atoms with Gasteiger partial charge in [0.25, 0.3) is 0 Å². The monoisotopic (exact) mass is 315 g/mol. The molecular weight excluding hydrogens is 290 g/mol. The number of piperidine rings is 1. The first-order chi connectivity index (χ1) is 11.1. The second-order valence-corrected chi connectivity index (χ2v) is 6.71. The highest BCUT2D eigenvalue weighted by atomic mass is 16.2. The summed E-state index contributed by atoms with van der Waals surface area (Å²) in [6.07, 6.45) is 3.75. The van der Waals surface area contributed by atoms with E-state index in [4.69, 9.17) is 5.73 Å². The van der Waals surface area contributed by atoms with Crippen LogP contribution in [0.4, 0.5) is 0 Å². The molecule has 2 aliphatic rings. The molecular formula is C18H25N3O2. The summed E-state index contributed by atoms with van der Waals surface area (Å²) in [5.74, 6) is 0.414. The second-order valence-electron chi connectivity index (χ2n) is 6.71.